The first-order chi connectivity index (χ1) is 8.56. The lowest BCUT2D eigenvalue weighted by molar-refractivity contribution is 0.633. The average molecular weight is 247 g/mol. The van der Waals surface area contributed by atoms with Gasteiger partial charge in [-0.15, -0.1) is 0 Å². The van der Waals surface area contributed by atoms with Gasteiger partial charge in [0, 0.05) is 31.9 Å². The molecule has 100 valence electrons. The summed E-state index contributed by atoms with van der Waals surface area (Å²) in [7, 11) is 2.11. The van der Waals surface area contributed by atoms with Gasteiger partial charge in [-0.3, -0.25) is 0 Å². The van der Waals surface area contributed by atoms with E-state index in [9.17, 15) is 0 Å². The number of hydrogen-bond donors (Lipinski definition) is 1. The first-order valence-electron chi connectivity index (χ1n) is 6.97. The number of anilines is 1. The molecule has 1 heterocycles. The fourth-order valence-electron chi connectivity index (χ4n) is 2.16. The molecule has 1 aliphatic rings. The normalized spacial score (nSPS) is 15.2. The van der Waals surface area contributed by atoms with Crippen LogP contribution in [0.4, 0.5) is 5.82 Å². The third kappa shape index (κ3) is 3.70. The van der Waals surface area contributed by atoms with Crippen LogP contribution < -0.4 is 10.2 Å². The second kappa shape index (κ2) is 5.70. The molecule has 1 aromatic heterocycles. The van der Waals surface area contributed by atoms with Crippen molar-refractivity contribution < 1.29 is 0 Å². The van der Waals surface area contributed by atoms with Crippen LogP contribution in [0.25, 0.3) is 0 Å². The maximum Gasteiger partial charge on any atom is 0.128 e. The SMILES string of the molecule is Cc1nc(N(C)CC(C)C)ccc1CNC1CC1. The first-order valence-corrected chi connectivity index (χ1v) is 6.97. The summed E-state index contributed by atoms with van der Waals surface area (Å²) in [5.41, 5.74) is 2.47. The summed E-state index contributed by atoms with van der Waals surface area (Å²) >= 11 is 0. The Labute approximate surface area is 111 Å². The number of aromatic nitrogens is 1. The number of nitrogens with zero attached hydrogens (tertiary/aromatic N) is 2. The van der Waals surface area contributed by atoms with E-state index < -0.39 is 0 Å². The van der Waals surface area contributed by atoms with Gasteiger partial charge in [-0.2, -0.15) is 0 Å². The smallest absolute Gasteiger partial charge is 0.128 e. The number of nitrogens with one attached hydrogen (secondary N) is 1. The van der Waals surface area contributed by atoms with E-state index in [0.29, 0.717) is 5.92 Å². The molecule has 0 bridgehead atoms. The highest BCUT2D eigenvalue weighted by Gasteiger charge is 2.20. The van der Waals surface area contributed by atoms with Crippen LogP contribution in [0, 0.1) is 12.8 Å². The van der Waals surface area contributed by atoms with E-state index in [1.165, 1.54) is 18.4 Å². The zero-order valence-corrected chi connectivity index (χ0v) is 12.0. The molecule has 0 atom stereocenters. The maximum atomic E-state index is 4.71. The second-order valence-electron chi connectivity index (χ2n) is 5.84. The van der Waals surface area contributed by atoms with Crippen molar-refractivity contribution in [1.82, 2.24) is 10.3 Å². The summed E-state index contributed by atoms with van der Waals surface area (Å²) < 4.78 is 0. The minimum absolute atomic E-state index is 0.660. The lowest BCUT2D eigenvalue weighted by atomic mass is 10.2. The van der Waals surface area contributed by atoms with E-state index in [-0.39, 0.29) is 0 Å². The van der Waals surface area contributed by atoms with Crippen molar-refractivity contribution in [1.29, 1.82) is 0 Å². The second-order valence-corrected chi connectivity index (χ2v) is 5.84. The highest BCUT2D eigenvalue weighted by Crippen LogP contribution is 2.20. The van der Waals surface area contributed by atoms with Crippen LogP contribution in [-0.4, -0.2) is 24.6 Å². The average Bonchev–Trinajstić information content (AvgIpc) is 3.10. The van der Waals surface area contributed by atoms with Gasteiger partial charge < -0.3 is 10.2 Å². The molecule has 1 fully saturated rings. The zero-order valence-electron chi connectivity index (χ0n) is 12.0. The van der Waals surface area contributed by atoms with Gasteiger partial charge in [-0.25, -0.2) is 4.98 Å². The number of hydrogen-bond acceptors (Lipinski definition) is 3. The maximum absolute atomic E-state index is 4.71. The third-order valence-electron chi connectivity index (χ3n) is 3.37. The summed E-state index contributed by atoms with van der Waals surface area (Å²) in [4.78, 5) is 6.94. The van der Waals surface area contributed by atoms with Crippen LogP contribution in [0.1, 0.15) is 37.9 Å². The molecule has 0 saturated heterocycles. The van der Waals surface area contributed by atoms with Crippen molar-refractivity contribution >= 4 is 5.82 Å². The predicted molar refractivity (Wildman–Crippen MR) is 76.9 cm³/mol. The molecule has 1 aliphatic carbocycles. The first kappa shape index (κ1) is 13.3. The molecule has 0 unspecified atom stereocenters. The molecule has 2 rings (SSSR count). The van der Waals surface area contributed by atoms with Crippen molar-refractivity contribution in [3.05, 3.63) is 23.4 Å². The number of pyridine rings is 1. The van der Waals surface area contributed by atoms with Gasteiger partial charge >= 0.3 is 0 Å². The van der Waals surface area contributed by atoms with Crippen LogP contribution in [0.2, 0.25) is 0 Å². The topological polar surface area (TPSA) is 28.2 Å². The molecular weight excluding hydrogens is 222 g/mol. The van der Waals surface area contributed by atoms with Gasteiger partial charge in [0.1, 0.15) is 5.82 Å². The summed E-state index contributed by atoms with van der Waals surface area (Å²) in [5, 5.41) is 3.54. The molecule has 18 heavy (non-hydrogen) atoms. The fourth-order valence-corrected chi connectivity index (χ4v) is 2.16. The number of aryl methyl sites for hydroxylation is 1. The minimum atomic E-state index is 0.660. The van der Waals surface area contributed by atoms with E-state index in [0.717, 1.165) is 30.6 Å². The summed E-state index contributed by atoms with van der Waals surface area (Å²) in [6.07, 6.45) is 2.67. The quantitative estimate of drug-likeness (QED) is 0.838. The van der Waals surface area contributed by atoms with E-state index in [1.807, 2.05) is 0 Å². The van der Waals surface area contributed by atoms with Crippen molar-refractivity contribution in [2.45, 2.75) is 46.2 Å². The van der Waals surface area contributed by atoms with Gasteiger partial charge in [0.25, 0.3) is 0 Å². The monoisotopic (exact) mass is 247 g/mol. The van der Waals surface area contributed by atoms with E-state index >= 15 is 0 Å². The molecule has 0 aliphatic heterocycles. The van der Waals surface area contributed by atoms with Crippen molar-refractivity contribution in [2.24, 2.45) is 5.92 Å². The Morgan fingerprint density at radius 1 is 1.39 bits per heavy atom. The Morgan fingerprint density at radius 2 is 2.11 bits per heavy atom. The Morgan fingerprint density at radius 3 is 2.67 bits per heavy atom. The van der Waals surface area contributed by atoms with Crippen LogP contribution in [0.5, 0.6) is 0 Å². The van der Waals surface area contributed by atoms with Crippen molar-refractivity contribution in [3.63, 3.8) is 0 Å². The van der Waals surface area contributed by atoms with E-state index in [2.05, 4.69) is 50.2 Å². The van der Waals surface area contributed by atoms with Crippen LogP contribution >= 0.6 is 0 Å². The van der Waals surface area contributed by atoms with Gasteiger partial charge in [-0.1, -0.05) is 19.9 Å². The standard InChI is InChI=1S/C15H25N3/c1-11(2)10-18(4)15-8-5-13(12(3)17-15)9-16-14-6-7-14/h5,8,11,14,16H,6-7,9-10H2,1-4H3. The molecular formula is C15H25N3. The molecule has 1 N–H and O–H groups in total. The predicted octanol–water partition coefficient (Wildman–Crippen LogP) is 2.73. The van der Waals surface area contributed by atoms with Gasteiger partial charge in [0.15, 0.2) is 0 Å². The molecule has 3 nitrogen and oxygen atoms in total. The van der Waals surface area contributed by atoms with Crippen molar-refractivity contribution in [3.8, 4) is 0 Å². The molecule has 0 spiro atoms. The number of rotatable bonds is 6. The Hall–Kier alpha value is -1.09. The van der Waals surface area contributed by atoms with Gasteiger partial charge in [-0.05, 0) is 37.3 Å². The molecule has 0 aromatic carbocycles. The van der Waals surface area contributed by atoms with Crippen molar-refractivity contribution in [2.75, 3.05) is 18.5 Å². The fraction of sp³-hybridized carbons (Fsp3) is 0.667. The Balaban J connectivity index is 1.98. The minimum Gasteiger partial charge on any atom is -0.359 e. The molecule has 1 saturated carbocycles. The summed E-state index contributed by atoms with van der Waals surface area (Å²) in [6.45, 7) is 8.58. The summed E-state index contributed by atoms with van der Waals surface area (Å²) in [5.74, 6) is 1.74. The van der Waals surface area contributed by atoms with E-state index in [1.54, 1.807) is 0 Å². The Kier molecular flexibility index (Phi) is 4.23. The Bertz CT molecular complexity index is 397. The lowest BCUT2D eigenvalue weighted by Gasteiger charge is -2.21. The lowest BCUT2D eigenvalue weighted by Crippen LogP contribution is -2.24. The molecule has 0 radical (unpaired) electrons. The van der Waals surface area contributed by atoms with Crippen LogP contribution in [0.3, 0.4) is 0 Å². The highest BCUT2D eigenvalue weighted by molar-refractivity contribution is 5.40. The van der Waals surface area contributed by atoms with Crippen LogP contribution in [0.15, 0.2) is 12.1 Å². The highest BCUT2D eigenvalue weighted by atomic mass is 15.2. The largest absolute Gasteiger partial charge is 0.359 e. The summed E-state index contributed by atoms with van der Waals surface area (Å²) in [6, 6.07) is 5.11. The molecule has 0 amide bonds. The van der Waals surface area contributed by atoms with Gasteiger partial charge in [0.05, 0.1) is 0 Å². The zero-order chi connectivity index (χ0) is 13.1. The van der Waals surface area contributed by atoms with Crippen LogP contribution in [-0.2, 0) is 6.54 Å². The van der Waals surface area contributed by atoms with Gasteiger partial charge in [0.2, 0.25) is 0 Å². The molecule has 1 aromatic rings. The van der Waals surface area contributed by atoms with E-state index in [4.69, 9.17) is 4.98 Å². The molecule has 3 heteroatoms. The third-order valence-corrected chi connectivity index (χ3v) is 3.37.